The van der Waals surface area contributed by atoms with Gasteiger partial charge in [-0.25, -0.2) is 9.37 Å². The highest BCUT2D eigenvalue weighted by atomic mass is 19.1. The zero-order chi connectivity index (χ0) is 20.9. The molecule has 0 aliphatic rings. The second kappa shape index (κ2) is 12.9. The Labute approximate surface area is 172 Å². The molecule has 0 atom stereocenters. The van der Waals surface area contributed by atoms with Crippen LogP contribution in [0, 0.1) is 12.7 Å². The smallest absolute Gasteiger partial charge is 0.191 e. The quantitative estimate of drug-likeness (QED) is 0.323. The van der Waals surface area contributed by atoms with Crippen LogP contribution in [0.5, 0.6) is 0 Å². The van der Waals surface area contributed by atoms with Crippen LogP contribution in [-0.2, 0) is 16.0 Å². The fourth-order valence-corrected chi connectivity index (χ4v) is 2.70. The maximum atomic E-state index is 14.5. The molecule has 0 saturated carbocycles. The molecule has 2 N–H and O–H groups in total. The molecule has 29 heavy (non-hydrogen) atoms. The fraction of sp³-hybridized carbons (Fsp3) is 0.524. The molecule has 0 unspecified atom stereocenters. The van der Waals surface area contributed by atoms with Crippen LogP contribution in [-0.4, -0.2) is 55.5 Å². The molecule has 8 heteroatoms. The van der Waals surface area contributed by atoms with E-state index < -0.39 is 0 Å². The average Bonchev–Trinajstić information content (AvgIpc) is 3.14. The molecule has 0 aliphatic carbocycles. The topological polar surface area (TPSA) is 72.7 Å². The molecule has 1 heterocycles. The van der Waals surface area contributed by atoms with E-state index in [0.717, 1.165) is 30.8 Å². The molecule has 0 aliphatic heterocycles. The average molecular weight is 406 g/mol. The van der Waals surface area contributed by atoms with E-state index >= 15 is 0 Å². The van der Waals surface area contributed by atoms with Gasteiger partial charge in [-0.3, -0.25) is 4.99 Å². The molecular formula is C21H32FN5O2. The standard InChI is InChI=1S/C21H32FN5O2/c1-4-5-11-28-13-14-29-12-9-25-21(23-3)26-16-18-6-7-20(19(22)15-18)27-10-8-24-17(27)2/h6-8,10,15H,4-5,9,11-14,16H2,1-3H3,(H2,23,25,26). The van der Waals surface area contributed by atoms with Crippen LogP contribution in [0.4, 0.5) is 4.39 Å². The van der Waals surface area contributed by atoms with Crippen molar-refractivity contribution in [2.45, 2.75) is 33.2 Å². The first-order chi connectivity index (χ1) is 14.2. The number of ether oxygens (including phenoxy) is 2. The van der Waals surface area contributed by atoms with Gasteiger partial charge < -0.3 is 24.7 Å². The zero-order valence-corrected chi connectivity index (χ0v) is 17.6. The predicted molar refractivity (Wildman–Crippen MR) is 113 cm³/mol. The Bertz CT molecular complexity index is 763. The number of hydrogen-bond donors (Lipinski definition) is 2. The van der Waals surface area contributed by atoms with E-state index in [4.69, 9.17) is 9.47 Å². The summed E-state index contributed by atoms with van der Waals surface area (Å²) in [7, 11) is 1.70. The first-order valence-electron chi connectivity index (χ1n) is 10.0. The predicted octanol–water partition coefficient (Wildman–Crippen LogP) is 2.82. The van der Waals surface area contributed by atoms with E-state index in [9.17, 15) is 4.39 Å². The van der Waals surface area contributed by atoms with Gasteiger partial charge in [-0.15, -0.1) is 0 Å². The number of halogens is 1. The molecule has 1 aromatic carbocycles. The van der Waals surface area contributed by atoms with Crippen molar-refractivity contribution in [2.24, 2.45) is 4.99 Å². The van der Waals surface area contributed by atoms with Gasteiger partial charge in [0.05, 0.1) is 25.5 Å². The van der Waals surface area contributed by atoms with Gasteiger partial charge in [0, 0.05) is 39.1 Å². The van der Waals surface area contributed by atoms with Gasteiger partial charge in [0.15, 0.2) is 5.96 Å². The van der Waals surface area contributed by atoms with E-state index in [1.165, 1.54) is 6.07 Å². The monoisotopic (exact) mass is 405 g/mol. The largest absolute Gasteiger partial charge is 0.379 e. The molecule has 2 rings (SSSR count). The molecule has 1 aromatic heterocycles. The summed E-state index contributed by atoms with van der Waals surface area (Å²) >= 11 is 0. The minimum absolute atomic E-state index is 0.289. The van der Waals surface area contributed by atoms with E-state index in [2.05, 4.69) is 27.5 Å². The molecular weight excluding hydrogens is 373 g/mol. The number of unbranched alkanes of at least 4 members (excludes halogenated alkanes) is 1. The molecule has 7 nitrogen and oxygen atoms in total. The van der Waals surface area contributed by atoms with Crippen LogP contribution < -0.4 is 10.6 Å². The van der Waals surface area contributed by atoms with Crippen LogP contribution in [0.15, 0.2) is 35.6 Å². The second-order valence-electron chi connectivity index (χ2n) is 6.56. The molecule has 0 saturated heterocycles. The maximum Gasteiger partial charge on any atom is 0.191 e. The van der Waals surface area contributed by atoms with Gasteiger partial charge in [0.25, 0.3) is 0 Å². The number of benzene rings is 1. The zero-order valence-electron chi connectivity index (χ0n) is 17.6. The molecule has 2 aromatic rings. The lowest BCUT2D eigenvalue weighted by Crippen LogP contribution is -2.38. The van der Waals surface area contributed by atoms with Crippen molar-refractivity contribution < 1.29 is 13.9 Å². The first-order valence-corrected chi connectivity index (χ1v) is 10.0. The van der Waals surface area contributed by atoms with E-state index in [1.54, 1.807) is 30.1 Å². The third kappa shape index (κ3) is 7.83. The number of guanidine groups is 1. The van der Waals surface area contributed by atoms with Crippen LogP contribution in [0.2, 0.25) is 0 Å². The Balaban J connectivity index is 1.69. The van der Waals surface area contributed by atoms with E-state index in [0.29, 0.717) is 44.6 Å². The van der Waals surface area contributed by atoms with Gasteiger partial charge in [-0.05, 0) is 31.0 Å². The van der Waals surface area contributed by atoms with Crippen LogP contribution >= 0.6 is 0 Å². The number of aliphatic imine (C=N–C) groups is 1. The summed E-state index contributed by atoms with van der Waals surface area (Å²) in [6.45, 7) is 7.62. The van der Waals surface area contributed by atoms with Crippen LogP contribution in [0.1, 0.15) is 31.2 Å². The molecule has 0 bridgehead atoms. The number of nitrogens with one attached hydrogen (secondary N) is 2. The van der Waals surface area contributed by atoms with Crippen molar-refractivity contribution in [2.75, 3.05) is 40.0 Å². The summed E-state index contributed by atoms with van der Waals surface area (Å²) in [4.78, 5) is 8.30. The van der Waals surface area contributed by atoms with Gasteiger partial charge >= 0.3 is 0 Å². The summed E-state index contributed by atoms with van der Waals surface area (Å²) in [6.07, 6.45) is 5.62. The fourth-order valence-electron chi connectivity index (χ4n) is 2.70. The highest BCUT2D eigenvalue weighted by molar-refractivity contribution is 5.79. The van der Waals surface area contributed by atoms with Crippen LogP contribution in [0.25, 0.3) is 5.69 Å². The SMILES string of the molecule is CCCCOCCOCCNC(=NC)NCc1ccc(-n2ccnc2C)c(F)c1. The lowest BCUT2D eigenvalue weighted by molar-refractivity contribution is 0.0487. The minimum atomic E-state index is -0.289. The lowest BCUT2D eigenvalue weighted by Gasteiger charge is -2.13. The number of aryl methyl sites for hydroxylation is 1. The number of hydrogen-bond acceptors (Lipinski definition) is 4. The second-order valence-corrected chi connectivity index (χ2v) is 6.56. The van der Waals surface area contributed by atoms with Crippen molar-refractivity contribution in [3.05, 3.63) is 47.8 Å². The van der Waals surface area contributed by atoms with Crippen molar-refractivity contribution >= 4 is 5.96 Å². The Morgan fingerprint density at radius 3 is 2.62 bits per heavy atom. The summed E-state index contributed by atoms with van der Waals surface area (Å²) in [6, 6.07) is 5.17. The van der Waals surface area contributed by atoms with Gasteiger partial charge in [-0.1, -0.05) is 19.4 Å². The number of aromatic nitrogens is 2. The van der Waals surface area contributed by atoms with E-state index in [1.807, 2.05) is 13.0 Å². The summed E-state index contributed by atoms with van der Waals surface area (Å²) < 4.78 is 27.2. The van der Waals surface area contributed by atoms with E-state index in [-0.39, 0.29) is 5.82 Å². The van der Waals surface area contributed by atoms with Crippen molar-refractivity contribution in [3.63, 3.8) is 0 Å². The summed E-state index contributed by atoms with van der Waals surface area (Å²) in [5.41, 5.74) is 1.31. The van der Waals surface area contributed by atoms with Gasteiger partial charge in [0.2, 0.25) is 0 Å². The molecule has 0 fully saturated rings. The van der Waals surface area contributed by atoms with Gasteiger partial charge in [0.1, 0.15) is 11.6 Å². The van der Waals surface area contributed by atoms with Crippen LogP contribution in [0.3, 0.4) is 0 Å². The Kier molecular flexibility index (Phi) is 10.2. The molecule has 0 amide bonds. The lowest BCUT2D eigenvalue weighted by atomic mass is 10.2. The molecule has 0 spiro atoms. The highest BCUT2D eigenvalue weighted by Gasteiger charge is 2.08. The van der Waals surface area contributed by atoms with Crippen molar-refractivity contribution in [1.82, 2.24) is 20.2 Å². The maximum absolute atomic E-state index is 14.5. The normalized spacial score (nSPS) is 11.7. The third-order valence-corrected chi connectivity index (χ3v) is 4.33. The van der Waals surface area contributed by atoms with Crippen molar-refractivity contribution in [1.29, 1.82) is 0 Å². The Hall–Kier alpha value is -2.45. The Morgan fingerprint density at radius 2 is 1.97 bits per heavy atom. The third-order valence-electron chi connectivity index (χ3n) is 4.33. The Morgan fingerprint density at radius 1 is 1.17 bits per heavy atom. The molecule has 160 valence electrons. The molecule has 0 radical (unpaired) electrons. The summed E-state index contributed by atoms with van der Waals surface area (Å²) in [5.74, 6) is 1.10. The van der Waals surface area contributed by atoms with Gasteiger partial charge in [-0.2, -0.15) is 0 Å². The number of nitrogens with zero attached hydrogens (tertiary/aromatic N) is 3. The van der Waals surface area contributed by atoms with Crippen molar-refractivity contribution in [3.8, 4) is 5.69 Å². The number of imidazole rings is 1. The summed E-state index contributed by atoms with van der Waals surface area (Å²) in [5, 5.41) is 6.35. The minimum Gasteiger partial charge on any atom is -0.379 e. The number of rotatable bonds is 12. The highest BCUT2D eigenvalue weighted by Crippen LogP contribution is 2.16. The first kappa shape index (κ1) is 22.8.